The third kappa shape index (κ3) is 3.39. The Bertz CT molecular complexity index is 674. The summed E-state index contributed by atoms with van der Waals surface area (Å²) in [6, 6.07) is 8.02. The van der Waals surface area contributed by atoms with Crippen LogP contribution in [-0.2, 0) is 16.1 Å². The number of aryl methyl sites for hydroxylation is 1. The molecule has 2 atom stereocenters. The number of rotatable bonds is 6. The largest absolute Gasteiger partial charge is 0.368 e. The molecule has 1 aromatic carbocycles. The highest BCUT2D eigenvalue weighted by molar-refractivity contribution is 5.81. The minimum atomic E-state index is -0.300. The zero-order chi connectivity index (χ0) is 16.2. The minimum absolute atomic E-state index is 0.0240. The fourth-order valence-corrected chi connectivity index (χ4v) is 3.13. The number of amides is 1. The summed E-state index contributed by atoms with van der Waals surface area (Å²) < 4.78 is 7.70. The number of nitrogens with zero attached hydrogens (tertiary/aromatic N) is 2. The lowest BCUT2D eigenvalue weighted by Crippen LogP contribution is -2.36. The van der Waals surface area contributed by atoms with Crippen LogP contribution < -0.4 is 5.32 Å². The lowest BCUT2D eigenvalue weighted by atomic mass is 10.2. The third-order valence-corrected chi connectivity index (χ3v) is 4.39. The first-order chi connectivity index (χ1) is 11.2. The number of nitrogens with one attached hydrogen (secondary N) is 1. The van der Waals surface area contributed by atoms with Gasteiger partial charge in [-0.15, -0.1) is 0 Å². The van der Waals surface area contributed by atoms with Gasteiger partial charge in [-0.1, -0.05) is 25.5 Å². The van der Waals surface area contributed by atoms with E-state index in [-0.39, 0.29) is 18.1 Å². The molecule has 5 heteroatoms. The molecule has 0 saturated carbocycles. The highest BCUT2D eigenvalue weighted by Gasteiger charge is 2.26. The second-order valence-corrected chi connectivity index (χ2v) is 6.20. The smallest absolute Gasteiger partial charge is 0.249 e. The molecule has 0 radical (unpaired) electrons. The standard InChI is InChI=1S/C18H25N3O2/c1-3-4-11-21-15-9-6-5-8-14(15)20-17(21)13(2)19-18(22)16-10-7-12-23-16/h5-6,8-9,13,16H,3-4,7,10-12H2,1-2H3,(H,19,22). The van der Waals surface area contributed by atoms with E-state index in [4.69, 9.17) is 9.72 Å². The van der Waals surface area contributed by atoms with Gasteiger partial charge in [0.2, 0.25) is 5.91 Å². The quantitative estimate of drug-likeness (QED) is 0.890. The molecule has 1 N–H and O–H groups in total. The maximum Gasteiger partial charge on any atom is 0.249 e. The van der Waals surface area contributed by atoms with Crippen LogP contribution in [0.15, 0.2) is 24.3 Å². The van der Waals surface area contributed by atoms with Crippen molar-refractivity contribution >= 4 is 16.9 Å². The number of aromatic nitrogens is 2. The van der Waals surface area contributed by atoms with Crippen LogP contribution in [0, 0.1) is 0 Å². The molecule has 1 saturated heterocycles. The summed E-state index contributed by atoms with van der Waals surface area (Å²) in [5.41, 5.74) is 2.12. The number of benzene rings is 1. The van der Waals surface area contributed by atoms with E-state index in [1.807, 2.05) is 25.1 Å². The molecule has 3 rings (SSSR count). The molecule has 1 aromatic heterocycles. The van der Waals surface area contributed by atoms with Gasteiger partial charge in [-0.25, -0.2) is 4.98 Å². The Kier molecular flexibility index (Phi) is 4.96. The van der Waals surface area contributed by atoms with Gasteiger partial charge in [0, 0.05) is 13.2 Å². The van der Waals surface area contributed by atoms with E-state index in [2.05, 4.69) is 22.9 Å². The molecule has 124 valence electrons. The van der Waals surface area contributed by atoms with Crippen molar-refractivity contribution in [2.24, 2.45) is 0 Å². The highest BCUT2D eigenvalue weighted by atomic mass is 16.5. The van der Waals surface area contributed by atoms with Gasteiger partial charge in [0.1, 0.15) is 11.9 Å². The number of unbranched alkanes of at least 4 members (excludes halogenated alkanes) is 1. The van der Waals surface area contributed by atoms with Crippen LogP contribution in [0.5, 0.6) is 0 Å². The zero-order valence-electron chi connectivity index (χ0n) is 13.9. The van der Waals surface area contributed by atoms with Crippen molar-refractivity contribution in [3.05, 3.63) is 30.1 Å². The van der Waals surface area contributed by atoms with Crippen molar-refractivity contribution in [2.45, 2.75) is 58.2 Å². The van der Waals surface area contributed by atoms with Crippen LogP contribution in [0.2, 0.25) is 0 Å². The molecule has 1 aliphatic heterocycles. The Morgan fingerprint density at radius 2 is 2.30 bits per heavy atom. The van der Waals surface area contributed by atoms with E-state index in [1.165, 1.54) is 0 Å². The maximum atomic E-state index is 12.3. The SMILES string of the molecule is CCCCn1c(C(C)NC(=O)C2CCCO2)nc2ccccc21. The van der Waals surface area contributed by atoms with E-state index < -0.39 is 0 Å². The third-order valence-electron chi connectivity index (χ3n) is 4.39. The molecule has 5 nitrogen and oxygen atoms in total. The highest BCUT2D eigenvalue weighted by Crippen LogP contribution is 2.22. The summed E-state index contributed by atoms with van der Waals surface area (Å²) in [6.45, 7) is 5.78. The van der Waals surface area contributed by atoms with Gasteiger partial charge in [0.15, 0.2) is 0 Å². The Morgan fingerprint density at radius 3 is 3.04 bits per heavy atom. The fraction of sp³-hybridized carbons (Fsp3) is 0.556. The molecule has 2 unspecified atom stereocenters. The number of para-hydroxylation sites is 2. The molecule has 0 aliphatic carbocycles. The van der Waals surface area contributed by atoms with Crippen LogP contribution in [0.1, 0.15) is 51.4 Å². The van der Waals surface area contributed by atoms with Gasteiger partial charge >= 0.3 is 0 Å². The van der Waals surface area contributed by atoms with E-state index in [0.29, 0.717) is 6.61 Å². The van der Waals surface area contributed by atoms with Crippen LogP contribution in [0.25, 0.3) is 11.0 Å². The maximum absolute atomic E-state index is 12.3. The van der Waals surface area contributed by atoms with Gasteiger partial charge in [-0.3, -0.25) is 4.79 Å². The summed E-state index contributed by atoms with van der Waals surface area (Å²) in [4.78, 5) is 17.0. The lowest BCUT2D eigenvalue weighted by molar-refractivity contribution is -0.130. The fourth-order valence-electron chi connectivity index (χ4n) is 3.13. The van der Waals surface area contributed by atoms with Gasteiger partial charge < -0.3 is 14.6 Å². The molecule has 0 spiro atoms. The van der Waals surface area contributed by atoms with Gasteiger partial charge in [-0.2, -0.15) is 0 Å². The van der Waals surface area contributed by atoms with Crippen molar-refractivity contribution in [1.29, 1.82) is 0 Å². The first-order valence-corrected chi connectivity index (χ1v) is 8.58. The molecule has 0 bridgehead atoms. The first kappa shape index (κ1) is 16.0. The van der Waals surface area contributed by atoms with E-state index in [9.17, 15) is 4.79 Å². The average molecular weight is 315 g/mol. The van der Waals surface area contributed by atoms with Crippen molar-refractivity contribution in [2.75, 3.05) is 6.61 Å². The Hall–Kier alpha value is -1.88. The number of carbonyl (C=O) groups is 1. The van der Waals surface area contributed by atoms with E-state index in [1.54, 1.807) is 0 Å². The molecule has 2 aromatic rings. The number of hydrogen-bond acceptors (Lipinski definition) is 3. The van der Waals surface area contributed by atoms with E-state index >= 15 is 0 Å². The molecule has 23 heavy (non-hydrogen) atoms. The number of carbonyl (C=O) groups excluding carboxylic acids is 1. The second-order valence-electron chi connectivity index (χ2n) is 6.20. The van der Waals surface area contributed by atoms with Crippen molar-refractivity contribution in [3.63, 3.8) is 0 Å². The first-order valence-electron chi connectivity index (χ1n) is 8.58. The summed E-state index contributed by atoms with van der Waals surface area (Å²) in [7, 11) is 0. The summed E-state index contributed by atoms with van der Waals surface area (Å²) in [5.74, 6) is 0.898. The van der Waals surface area contributed by atoms with Crippen molar-refractivity contribution in [3.8, 4) is 0 Å². The van der Waals surface area contributed by atoms with Crippen LogP contribution in [0.4, 0.5) is 0 Å². The Balaban J connectivity index is 1.83. The number of imidazole rings is 1. The molecule has 1 fully saturated rings. The molecule has 1 amide bonds. The minimum Gasteiger partial charge on any atom is -0.368 e. The molecule has 2 heterocycles. The van der Waals surface area contributed by atoms with Gasteiger partial charge in [-0.05, 0) is 38.3 Å². The number of hydrogen-bond donors (Lipinski definition) is 1. The van der Waals surface area contributed by atoms with Gasteiger partial charge in [0.05, 0.1) is 17.1 Å². The van der Waals surface area contributed by atoms with Crippen molar-refractivity contribution in [1.82, 2.24) is 14.9 Å². The zero-order valence-corrected chi connectivity index (χ0v) is 13.9. The lowest BCUT2D eigenvalue weighted by Gasteiger charge is -2.18. The summed E-state index contributed by atoms with van der Waals surface area (Å²) >= 11 is 0. The van der Waals surface area contributed by atoms with Crippen molar-refractivity contribution < 1.29 is 9.53 Å². The van der Waals surface area contributed by atoms with Crippen LogP contribution >= 0.6 is 0 Å². The topological polar surface area (TPSA) is 56.2 Å². The number of ether oxygens (including phenoxy) is 1. The van der Waals surface area contributed by atoms with Gasteiger partial charge in [0.25, 0.3) is 0 Å². The second kappa shape index (κ2) is 7.13. The predicted octanol–water partition coefficient (Wildman–Crippen LogP) is 3.19. The normalized spacial score (nSPS) is 19.1. The summed E-state index contributed by atoms with van der Waals surface area (Å²) in [5, 5.41) is 3.07. The summed E-state index contributed by atoms with van der Waals surface area (Å²) in [6.07, 6.45) is 3.69. The monoisotopic (exact) mass is 315 g/mol. The predicted molar refractivity (Wildman–Crippen MR) is 90.2 cm³/mol. The number of fused-ring (bicyclic) bond motifs is 1. The Morgan fingerprint density at radius 1 is 1.48 bits per heavy atom. The molecule has 1 aliphatic rings. The molecular formula is C18H25N3O2. The van der Waals surface area contributed by atoms with Crippen LogP contribution in [0.3, 0.4) is 0 Å². The van der Waals surface area contributed by atoms with E-state index in [0.717, 1.165) is 49.1 Å². The molecular weight excluding hydrogens is 290 g/mol. The average Bonchev–Trinajstić information content (AvgIpc) is 3.20. The Labute approximate surface area is 137 Å². The van der Waals surface area contributed by atoms with Crippen LogP contribution in [-0.4, -0.2) is 28.2 Å².